The number of hydrogen-bond donors (Lipinski definition) is 1. The maximum absolute atomic E-state index is 12.3. The third-order valence-electron chi connectivity index (χ3n) is 3.72. The molecule has 1 aromatic carbocycles. The molecule has 3 rings (SSSR count). The van der Waals surface area contributed by atoms with Gasteiger partial charge < -0.3 is 15.2 Å². The molecule has 0 radical (unpaired) electrons. The maximum Gasteiger partial charge on any atom is 0.168 e. The maximum atomic E-state index is 12.3. The van der Waals surface area contributed by atoms with Gasteiger partial charge in [0.05, 0.1) is 18.8 Å². The molecule has 0 bridgehead atoms. The average molecular weight is 247 g/mol. The molecule has 2 aliphatic heterocycles. The second kappa shape index (κ2) is 4.28. The summed E-state index contributed by atoms with van der Waals surface area (Å²) < 4.78 is 11.4. The molecule has 0 unspecified atom stereocenters. The minimum atomic E-state index is 0.0809. The highest BCUT2D eigenvalue weighted by Gasteiger charge is 2.32. The fourth-order valence-electron chi connectivity index (χ4n) is 2.89. The van der Waals surface area contributed by atoms with E-state index in [2.05, 4.69) is 6.92 Å². The highest BCUT2D eigenvalue weighted by Crippen LogP contribution is 2.44. The van der Waals surface area contributed by atoms with Crippen LogP contribution in [0.3, 0.4) is 0 Å². The molecule has 0 amide bonds. The van der Waals surface area contributed by atoms with Gasteiger partial charge in [0.1, 0.15) is 11.5 Å². The van der Waals surface area contributed by atoms with Crippen molar-refractivity contribution in [2.75, 3.05) is 19.8 Å². The topological polar surface area (TPSA) is 61.6 Å². The summed E-state index contributed by atoms with van der Waals surface area (Å²) in [6.45, 7) is 3.73. The minimum absolute atomic E-state index is 0.0809. The Morgan fingerprint density at radius 1 is 1.17 bits per heavy atom. The van der Waals surface area contributed by atoms with E-state index in [-0.39, 0.29) is 5.78 Å². The molecule has 18 heavy (non-hydrogen) atoms. The number of hydrogen-bond acceptors (Lipinski definition) is 4. The van der Waals surface area contributed by atoms with Gasteiger partial charge in [-0.1, -0.05) is 0 Å². The molecule has 1 aromatic rings. The summed E-state index contributed by atoms with van der Waals surface area (Å²) in [4.78, 5) is 12.3. The van der Waals surface area contributed by atoms with Gasteiger partial charge in [0.2, 0.25) is 0 Å². The molecule has 2 N–H and O–H groups in total. The second-order valence-corrected chi connectivity index (χ2v) is 4.77. The van der Waals surface area contributed by atoms with Gasteiger partial charge in [0.15, 0.2) is 5.78 Å². The van der Waals surface area contributed by atoms with E-state index in [1.54, 1.807) is 0 Å². The van der Waals surface area contributed by atoms with Crippen LogP contribution in [0.1, 0.15) is 33.5 Å². The van der Waals surface area contributed by atoms with Crippen LogP contribution in [-0.4, -0.2) is 25.5 Å². The van der Waals surface area contributed by atoms with Crippen molar-refractivity contribution in [3.63, 3.8) is 0 Å². The molecule has 0 saturated heterocycles. The van der Waals surface area contributed by atoms with Crippen molar-refractivity contribution >= 4 is 5.78 Å². The number of rotatable bonds is 3. The van der Waals surface area contributed by atoms with Gasteiger partial charge in [0, 0.05) is 30.4 Å². The quantitative estimate of drug-likeness (QED) is 0.820. The Morgan fingerprint density at radius 3 is 2.56 bits per heavy atom. The highest BCUT2D eigenvalue weighted by atomic mass is 16.5. The van der Waals surface area contributed by atoms with Gasteiger partial charge >= 0.3 is 0 Å². The monoisotopic (exact) mass is 247 g/mol. The Bertz CT molecular complexity index is 487. The van der Waals surface area contributed by atoms with E-state index in [1.807, 2.05) is 0 Å². The fourth-order valence-corrected chi connectivity index (χ4v) is 2.89. The van der Waals surface area contributed by atoms with Crippen molar-refractivity contribution in [3.8, 4) is 11.5 Å². The summed E-state index contributed by atoms with van der Waals surface area (Å²) >= 11 is 0. The van der Waals surface area contributed by atoms with Gasteiger partial charge in [-0.3, -0.25) is 4.79 Å². The van der Waals surface area contributed by atoms with E-state index in [1.165, 1.54) is 0 Å². The lowest BCUT2D eigenvalue weighted by molar-refractivity contribution is 0.0981. The van der Waals surface area contributed by atoms with Crippen LogP contribution < -0.4 is 15.2 Å². The van der Waals surface area contributed by atoms with E-state index < -0.39 is 0 Å². The van der Waals surface area contributed by atoms with E-state index in [0.29, 0.717) is 26.2 Å². The Hall–Kier alpha value is -1.55. The third-order valence-corrected chi connectivity index (χ3v) is 3.72. The zero-order chi connectivity index (χ0) is 12.7. The number of carbonyl (C=O) groups is 1. The number of fused-ring (bicyclic) bond motifs is 2. The van der Waals surface area contributed by atoms with E-state index in [4.69, 9.17) is 15.2 Å². The van der Waals surface area contributed by atoms with Crippen LogP contribution >= 0.6 is 0 Å². The standard InChI is InChI=1S/C14H17NO3/c1-8-9-3-6-18-14(9)12(11(16)2-5-15)10-4-7-17-13(8)10/h2-7,15H2,1H3. The van der Waals surface area contributed by atoms with Gasteiger partial charge in [-0.05, 0) is 19.0 Å². The first-order valence-corrected chi connectivity index (χ1v) is 6.41. The second-order valence-electron chi connectivity index (χ2n) is 4.77. The molecule has 0 fully saturated rings. The molecule has 2 heterocycles. The largest absolute Gasteiger partial charge is 0.493 e. The lowest BCUT2D eigenvalue weighted by atomic mass is 9.92. The van der Waals surface area contributed by atoms with Crippen LogP contribution in [0.4, 0.5) is 0 Å². The number of ether oxygens (including phenoxy) is 2. The molecule has 4 heteroatoms. The predicted molar refractivity (Wildman–Crippen MR) is 67.6 cm³/mol. The van der Waals surface area contributed by atoms with Gasteiger partial charge in [0.25, 0.3) is 0 Å². The van der Waals surface area contributed by atoms with Crippen molar-refractivity contribution in [1.82, 2.24) is 0 Å². The van der Waals surface area contributed by atoms with Crippen LogP contribution in [0.25, 0.3) is 0 Å². The number of ketones is 1. The SMILES string of the molecule is Cc1c2c(c(C(=O)CCN)c3c1OCC3)OCC2. The first-order valence-electron chi connectivity index (χ1n) is 6.41. The molecule has 0 aromatic heterocycles. The summed E-state index contributed by atoms with van der Waals surface area (Å²) in [5.41, 5.74) is 9.52. The molecule has 0 saturated carbocycles. The molecular weight excluding hydrogens is 230 g/mol. The molecular formula is C14H17NO3. The molecule has 0 atom stereocenters. The van der Waals surface area contributed by atoms with Crippen molar-refractivity contribution < 1.29 is 14.3 Å². The molecule has 0 spiro atoms. The van der Waals surface area contributed by atoms with E-state index in [9.17, 15) is 4.79 Å². The molecule has 4 nitrogen and oxygen atoms in total. The van der Waals surface area contributed by atoms with Gasteiger partial charge in [-0.2, -0.15) is 0 Å². The Kier molecular flexibility index (Phi) is 2.74. The summed E-state index contributed by atoms with van der Waals surface area (Å²) in [5.74, 6) is 1.77. The molecule has 96 valence electrons. The van der Waals surface area contributed by atoms with E-state index in [0.717, 1.165) is 46.6 Å². The van der Waals surface area contributed by atoms with Gasteiger partial charge in [-0.15, -0.1) is 0 Å². The lowest BCUT2D eigenvalue weighted by Crippen LogP contribution is -2.11. The summed E-state index contributed by atoms with van der Waals surface area (Å²) in [5, 5.41) is 0. The van der Waals surface area contributed by atoms with Crippen LogP contribution in [0, 0.1) is 6.92 Å². The predicted octanol–water partition coefficient (Wildman–Crippen LogP) is 1.40. The summed E-state index contributed by atoms with van der Waals surface area (Å²) in [6.07, 6.45) is 2.02. The Labute approximate surface area is 106 Å². The first kappa shape index (κ1) is 11.5. The minimum Gasteiger partial charge on any atom is -0.493 e. The number of Topliss-reactive ketones (excluding diaryl/α,β-unsaturated/α-hetero) is 1. The van der Waals surface area contributed by atoms with Crippen molar-refractivity contribution in [1.29, 1.82) is 0 Å². The van der Waals surface area contributed by atoms with Crippen molar-refractivity contribution in [2.24, 2.45) is 5.73 Å². The number of nitrogens with two attached hydrogens (primary N) is 1. The zero-order valence-corrected chi connectivity index (χ0v) is 10.5. The molecule has 0 aliphatic carbocycles. The van der Waals surface area contributed by atoms with Crippen LogP contribution in [0.15, 0.2) is 0 Å². The van der Waals surface area contributed by atoms with E-state index >= 15 is 0 Å². The van der Waals surface area contributed by atoms with Crippen LogP contribution in [-0.2, 0) is 12.8 Å². The Balaban J connectivity index is 2.21. The van der Waals surface area contributed by atoms with Crippen molar-refractivity contribution in [2.45, 2.75) is 26.2 Å². The summed E-state index contributed by atoms with van der Waals surface area (Å²) in [7, 11) is 0. The normalized spacial score (nSPS) is 15.9. The third kappa shape index (κ3) is 1.52. The lowest BCUT2D eigenvalue weighted by Gasteiger charge is -2.14. The smallest absolute Gasteiger partial charge is 0.168 e. The van der Waals surface area contributed by atoms with Gasteiger partial charge in [-0.25, -0.2) is 0 Å². The summed E-state index contributed by atoms with van der Waals surface area (Å²) in [6, 6.07) is 0. The zero-order valence-electron chi connectivity index (χ0n) is 10.5. The Morgan fingerprint density at radius 2 is 1.83 bits per heavy atom. The number of benzene rings is 1. The highest BCUT2D eigenvalue weighted by molar-refractivity contribution is 6.02. The fraction of sp³-hybridized carbons (Fsp3) is 0.500. The van der Waals surface area contributed by atoms with Crippen molar-refractivity contribution in [3.05, 3.63) is 22.3 Å². The molecule has 2 aliphatic rings. The van der Waals surface area contributed by atoms with Crippen LogP contribution in [0.5, 0.6) is 11.5 Å². The average Bonchev–Trinajstić information content (AvgIpc) is 2.97. The number of carbonyl (C=O) groups excluding carboxylic acids is 1. The first-order chi connectivity index (χ1) is 8.74. The van der Waals surface area contributed by atoms with Crippen LogP contribution in [0.2, 0.25) is 0 Å².